The summed E-state index contributed by atoms with van der Waals surface area (Å²) < 4.78 is 5.92. The Labute approximate surface area is 121 Å². The summed E-state index contributed by atoms with van der Waals surface area (Å²) >= 11 is 0. The van der Waals surface area contributed by atoms with E-state index in [4.69, 9.17) is 10.5 Å². The minimum absolute atomic E-state index is 0.762. The van der Waals surface area contributed by atoms with Crippen molar-refractivity contribution < 1.29 is 4.74 Å². The van der Waals surface area contributed by atoms with Gasteiger partial charge in [-0.1, -0.05) is 12.1 Å². The molecule has 4 aliphatic carbocycles. The van der Waals surface area contributed by atoms with Crippen LogP contribution < -0.4 is 10.5 Å². The van der Waals surface area contributed by atoms with E-state index in [1.54, 1.807) is 0 Å². The molecule has 4 saturated carbocycles. The van der Waals surface area contributed by atoms with Crippen LogP contribution in [-0.4, -0.2) is 6.61 Å². The van der Waals surface area contributed by atoms with Crippen LogP contribution in [-0.2, 0) is 0 Å². The zero-order valence-electron chi connectivity index (χ0n) is 12.1. The SMILES string of the molecule is Nc1ccccc1OCCC1C2CC3CC(C2)CC1C3. The van der Waals surface area contributed by atoms with E-state index in [2.05, 4.69) is 0 Å². The Morgan fingerprint density at radius 2 is 1.60 bits per heavy atom. The van der Waals surface area contributed by atoms with Crippen LogP contribution in [0.5, 0.6) is 5.75 Å². The molecule has 4 fully saturated rings. The zero-order valence-corrected chi connectivity index (χ0v) is 12.1. The lowest BCUT2D eigenvalue weighted by atomic mass is 9.51. The van der Waals surface area contributed by atoms with E-state index >= 15 is 0 Å². The van der Waals surface area contributed by atoms with Crippen LogP contribution in [0.15, 0.2) is 24.3 Å². The molecule has 0 aromatic heterocycles. The lowest BCUT2D eigenvalue weighted by Crippen LogP contribution is -2.45. The highest BCUT2D eigenvalue weighted by molar-refractivity contribution is 5.51. The van der Waals surface area contributed by atoms with Gasteiger partial charge in [0.2, 0.25) is 0 Å². The molecular weight excluding hydrogens is 246 g/mol. The fourth-order valence-corrected chi connectivity index (χ4v) is 5.43. The Hall–Kier alpha value is -1.18. The number of rotatable bonds is 4. The maximum absolute atomic E-state index is 5.93. The topological polar surface area (TPSA) is 35.2 Å². The van der Waals surface area contributed by atoms with Crippen molar-refractivity contribution in [1.82, 2.24) is 0 Å². The summed E-state index contributed by atoms with van der Waals surface area (Å²) in [5.41, 5.74) is 6.69. The minimum Gasteiger partial charge on any atom is -0.491 e. The van der Waals surface area contributed by atoms with E-state index in [9.17, 15) is 0 Å². The van der Waals surface area contributed by atoms with E-state index in [0.29, 0.717) is 0 Å². The maximum Gasteiger partial charge on any atom is 0.142 e. The van der Waals surface area contributed by atoms with Crippen molar-refractivity contribution in [3.8, 4) is 5.75 Å². The molecule has 0 radical (unpaired) electrons. The third-order valence-corrected chi connectivity index (χ3v) is 6.05. The summed E-state index contributed by atoms with van der Waals surface area (Å²) in [6.45, 7) is 0.835. The van der Waals surface area contributed by atoms with Gasteiger partial charge >= 0.3 is 0 Å². The van der Waals surface area contributed by atoms with Gasteiger partial charge in [-0.05, 0) is 80.2 Å². The van der Waals surface area contributed by atoms with Crippen LogP contribution in [0, 0.1) is 29.6 Å². The van der Waals surface area contributed by atoms with Crippen molar-refractivity contribution in [2.45, 2.75) is 38.5 Å². The van der Waals surface area contributed by atoms with Crippen LogP contribution in [0.3, 0.4) is 0 Å². The standard InChI is InChI=1S/C18H25NO/c19-17-3-1-2-4-18(17)20-6-5-16-14-8-12-7-13(10-14)11-15(16)9-12/h1-4,12-16H,5-11,19H2. The number of ether oxygens (including phenoxy) is 1. The van der Waals surface area contributed by atoms with Crippen molar-refractivity contribution in [1.29, 1.82) is 0 Å². The Morgan fingerprint density at radius 3 is 2.25 bits per heavy atom. The zero-order chi connectivity index (χ0) is 13.5. The number of hydrogen-bond acceptors (Lipinski definition) is 2. The largest absolute Gasteiger partial charge is 0.491 e. The average molecular weight is 271 g/mol. The molecule has 4 bridgehead atoms. The summed E-state index contributed by atoms with van der Waals surface area (Å²) in [5.74, 6) is 5.92. The molecule has 0 aliphatic heterocycles. The third kappa shape index (κ3) is 2.19. The van der Waals surface area contributed by atoms with E-state index in [-0.39, 0.29) is 0 Å². The highest BCUT2D eigenvalue weighted by Crippen LogP contribution is 2.57. The van der Waals surface area contributed by atoms with Crippen LogP contribution in [0.1, 0.15) is 38.5 Å². The molecule has 1 aromatic rings. The summed E-state index contributed by atoms with van der Waals surface area (Å²) in [4.78, 5) is 0. The summed E-state index contributed by atoms with van der Waals surface area (Å²) in [6.07, 6.45) is 8.78. The second kappa shape index (κ2) is 4.98. The molecule has 5 rings (SSSR count). The molecule has 20 heavy (non-hydrogen) atoms. The van der Waals surface area contributed by atoms with Gasteiger partial charge < -0.3 is 10.5 Å². The maximum atomic E-state index is 5.93. The average Bonchev–Trinajstić information content (AvgIpc) is 2.43. The first-order valence-corrected chi connectivity index (χ1v) is 8.27. The van der Waals surface area contributed by atoms with Gasteiger partial charge in [-0.3, -0.25) is 0 Å². The quantitative estimate of drug-likeness (QED) is 0.836. The lowest BCUT2D eigenvalue weighted by Gasteiger charge is -2.54. The number of para-hydroxylation sites is 2. The van der Waals surface area contributed by atoms with Gasteiger partial charge in [0.05, 0.1) is 12.3 Å². The fraction of sp³-hybridized carbons (Fsp3) is 0.667. The molecule has 2 heteroatoms. The highest BCUT2D eigenvalue weighted by Gasteiger charge is 2.47. The van der Waals surface area contributed by atoms with Crippen LogP contribution >= 0.6 is 0 Å². The first kappa shape index (κ1) is 12.6. The van der Waals surface area contributed by atoms with Gasteiger partial charge in [-0.25, -0.2) is 0 Å². The van der Waals surface area contributed by atoms with Gasteiger partial charge in [-0.15, -0.1) is 0 Å². The Bertz CT molecular complexity index is 456. The van der Waals surface area contributed by atoms with Gasteiger partial charge in [0.25, 0.3) is 0 Å². The Morgan fingerprint density at radius 1 is 0.950 bits per heavy atom. The predicted octanol–water partition coefficient (Wildman–Crippen LogP) is 4.11. The second-order valence-corrected chi connectivity index (χ2v) is 7.27. The fourth-order valence-electron chi connectivity index (χ4n) is 5.43. The molecule has 0 heterocycles. The summed E-state index contributed by atoms with van der Waals surface area (Å²) in [5, 5.41) is 0. The molecule has 1 aromatic carbocycles. The van der Waals surface area contributed by atoms with Crippen molar-refractivity contribution in [3.63, 3.8) is 0 Å². The highest BCUT2D eigenvalue weighted by atomic mass is 16.5. The van der Waals surface area contributed by atoms with Crippen LogP contribution in [0.25, 0.3) is 0 Å². The van der Waals surface area contributed by atoms with Gasteiger partial charge in [0.15, 0.2) is 0 Å². The number of nitrogens with two attached hydrogens (primary N) is 1. The smallest absolute Gasteiger partial charge is 0.142 e. The van der Waals surface area contributed by atoms with E-state index in [1.807, 2.05) is 24.3 Å². The molecular formula is C18H25NO. The Balaban J connectivity index is 1.35. The monoisotopic (exact) mass is 271 g/mol. The number of nitrogen functional groups attached to an aromatic ring is 1. The molecule has 4 aliphatic rings. The molecule has 0 unspecified atom stereocenters. The van der Waals surface area contributed by atoms with Crippen molar-refractivity contribution >= 4 is 5.69 Å². The molecule has 0 saturated heterocycles. The van der Waals surface area contributed by atoms with E-state index < -0.39 is 0 Å². The molecule has 0 amide bonds. The third-order valence-electron chi connectivity index (χ3n) is 6.05. The second-order valence-electron chi connectivity index (χ2n) is 7.27. The number of benzene rings is 1. The lowest BCUT2D eigenvalue weighted by molar-refractivity contribution is -0.0435. The Kier molecular flexibility index (Phi) is 3.13. The van der Waals surface area contributed by atoms with Gasteiger partial charge in [0.1, 0.15) is 5.75 Å². The minimum atomic E-state index is 0.762. The summed E-state index contributed by atoms with van der Waals surface area (Å²) in [7, 11) is 0. The molecule has 108 valence electrons. The van der Waals surface area contributed by atoms with Crippen molar-refractivity contribution in [2.24, 2.45) is 29.6 Å². The van der Waals surface area contributed by atoms with E-state index in [0.717, 1.165) is 47.6 Å². The van der Waals surface area contributed by atoms with Gasteiger partial charge in [0, 0.05) is 0 Å². The van der Waals surface area contributed by atoms with Crippen LogP contribution in [0.2, 0.25) is 0 Å². The predicted molar refractivity (Wildman–Crippen MR) is 81.5 cm³/mol. The number of anilines is 1. The van der Waals surface area contributed by atoms with Crippen molar-refractivity contribution in [3.05, 3.63) is 24.3 Å². The van der Waals surface area contributed by atoms with Crippen LogP contribution in [0.4, 0.5) is 5.69 Å². The molecule has 2 nitrogen and oxygen atoms in total. The molecule has 0 atom stereocenters. The molecule has 0 spiro atoms. The van der Waals surface area contributed by atoms with Crippen molar-refractivity contribution in [2.75, 3.05) is 12.3 Å². The summed E-state index contributed by atoms with van der Waals surface area (Å²) in [6, 6.07) is 7.85. The first-order chi connectivity index (χ1) is 9.79. The normalized spacial score (nSPS) is 38.1. The number of hydrogen-bond donors (Lipinski definition) is 1. The van der Waals surface area contributed by atoms with E-state index in [1.165, 1.54) is 38.5 Å². The van der Waals surface area contributed by atoms with Gasteiger partial charge in [-0.2, -0.15) is 0 Å². The first-order valence-electron chi connectivity index (χ1n) is 8.27. The molecule has 2 N–H and O–H groups in total.